The number of anilines is 1. The van der Waals surface area contributed by atoms with Crippen LogP contribution < -0.4 is 10.7 Å². The van der Waals surface area contributed by atoms with Crippen molar-refractivity contribution in [3.63, 3.8) is 0 Å². The minimum absolute atomic E-state index is 0.123. The third kappa shape index (κ3) is 3.18. The highest BCUT2D eigenvalue weighted by Gasteiger charge is 2.18. The number of carbonyl (C=O) groups excluding carboxylic acids is 1. The van der Waals surface area contributed by atoms with Crippen LogP contribution in [0.15, 0.2) is 47.3 Å². The second kappa shape index (κ2) is 7.16. The number of para-hydroxylation sites is 1. The number of benzene rings is 2. The zero-order chi connectivity index (χ0) is 19.8. The number of rotatable bonds is 4. The van der Waals surface area contributed by atoms with E-state index in [1.807, 2.05) is 31.2 Å². The first kappa shape index (κ1) is 18.3. The summed E-state index contributed by atoms with van der Waals surface area (Å²) in [6.07, 6.45) is 0. The van der Waals surface area contributed by atoms with Gasteiger partial charge in [-0.1, -0.05) is 43.4 Å². The van der Waals surface area contributed by atoms with E-state index in [1.165, 1.54) is 16.9 Å². The topological polar surface area (TPSA) is 76.9 Å². The fourth-order valence-electron chi connectivity index (χ4n) is 3.14. The van der Waals surface area contributed by atoms with E-state index >= 15 is 0 Å². The van der Waals surface area contributed by atoms with E-state index < -0.39 is 5.91 Å². The maximum Gasteiger partial charge on any atom is 0.281 e. The van der Waals surface area contributed by atoms with Gasteiger partial charge in [0.25, 0.3) is 5.91 Å². The zero-order valence-electron chi connectivity index (χ0n) is 15.9. The zero-order valence-corrected chi connectivity index (χ0v) is 16.7. The lowest BCUT2D eigenvalue weighted by molar-refractivity contribution is 0.101. The van der Waals surface area contributed by atoms with Crippen molar-refractivity contribution in [3.8, 4) is 0 Å². The molecule has 0 fully saturated rings. The van der Waals surface area contributed by atoms with Gasteiger partial charge < -0.3 is 0 Å². The summed E-state index contributed by atoms with van der Waals surface area (Å²) >= 11 is 1.39. The van der Waals surface area contributed by atoms with Gasteiger partial charge in [0.05, 0.1) is 15.7 Å². The lowest BCUT2D eigenvalue weighted by Gasteiger charge is -2.09. The number of nitrogens with one attached hydrogen (secondary N) is 1. The minimum Gasteiger partial charge on any atom is -0.296 e. The molecule has 0 aliphatic heterocycles. The summed E-state index contributed by atoms with van der Waals surface area (Å²) in [5.41, 5.74) is 2.26. The molecule has 4 rings (SSSR count). The molecule has 0 aliphatic carbocycles. The molecule has 2 aromatic carbocycles. The summed E-state index contributed by atoms with van der Waals surface area (Å²) in [4.78, 5) is 30.0. The van der Waals surface area contributed by atoms with E-state index in [-0.39, 0.29) is 11.1 Å². The van der Waals surface area contributed by atoms with Crippen LogP contribution in [0.4, 0.5) is 5.13 Å². The molecular weight excluding hydrogens is 372 g/mol. The maximum atomic E-state index is 12.8. The van der Waals surface area contributed by atoms with Crippen LogP contribution in [0.2, 0.25) is 0 Å². The first-order chi connectivity index (χ1) is 13.5. The number of carbonyl (C=O) groups is 1. The van der Waals surface area contributed by atoms with E-state index in [0.717, 1.165) is 10.2 Å². The minimum atomic E-state index is -0.541. The summed E-state index contributed by atoms with van der Waals surface area (Å²) in [6, 6.07) is 13.3. The van der Waals surface area contributed by atoms with E-state index in [0.29, 0.717) is 28.5 Å². The molecule has 0 saturated carbocycles. The van der Waals surface area contributed by atoms with Crippen molar-refractivity contribution in [3.05, 3.63) is 63.9 Å². The summed E-state index contributed by atoms with van der Waals surface area (Å²) in [7, 11) is 0. The molecule has 1 amide bonds. The molecule has 6 nitrogen and oxygen atoms in total. The highest BCUT2D eigenvalue weighted by molar-refractivity contribution is 7.22. The van der Waals surface area contributed by atoms with Crippen LogP contribution in [0.1, 0.15) is 42.7 Å². The number of nitrogens with zero attached hydrogens (tertiary/aromatic N) is 3. The fourth-order valence-corrected chi connectivity index (χ4v) is 4.05. The monoisotopic (exact) mass is 392 g/mol. The molecule has 0 atom stereocenters. The summed E-state index contributed by atoms with van der Waals surface area (Å²) < 4.78 is 2.66. The number of hydrogen-bond donors (Lipinski definition) is 1. The molecule has 28 heavy (non-hydrogen) atoms. The van der Waals surface area contributed by atoms with Gasteiger partial charge in [-0.05, 0) is 42.7 Å². The van der Waals surface area contributed by atoms with Crippen molar-refractivity contribution in [2.24, 2.45) is 0 Å². The summed E-state index contributed by atoms with van der Waals surface area (Å²) in [6.45, 7) is 6.75. The molecule has 0 aliphatic rings. The third-order valence-electron chi connectivity index (χ3n) is 4.68. The van der Waals surface area contributed by atoms with Crippen molar-refractivity contribution >= 4 is 43.5 Å². The quantitative estimate of drug-likeness (QED) is 0.558. The van der Waals surface area contributed by atoms with Crippen LogP contribution in [-0.2, 0) is 6.54 Å². The molecule has 7 heteroatoms. The van der Waals surface area contributed by atoms with Crippen molar-refractivity contribution in [2.75, 3.05) is 5.32 Å². The molecule has 4 aromatic rings. The molecular formula is C21H20N4O2S. The predicted octanol–water partition coefficient (Wildman–Crippen LogP) is 4.40. The molecule has 2 aromatic heterocycles. The Morgan fingerprint density at radius 3 is 2.75 bits per heavy atom. The first-order valence-electron chi connectivity index (χ1n) is 9.19. The Labute approximate surface area is 165 Å². The SMILES string of the molecule is CCn1nc(C(=O)Nc2nc3ccc(C(C)C)cc3s2)c(=O)c2ccccc21. The van der Waals surface area contributed by atoms with E-state index in [1.54, 1.807) is 16.8 Å². The maximum absolute atomic E-state index is 12.8. The third-order valence-corrected chi connectivity index (χ3v) is 5.61. The Bertz CT molecular complexity index is 1260. The van der Waals surface area contributed by atoms with Crippen LogP contribution in [0.5, 0.6) is 0 Å². The first-order valence-corrected chi connectivity index (χ1v) is 10.0. The van der Waals surface area contributed by atoms with Crippen LogP contribution >= 0.6 is 11.3 Å². The Morgan fingerprint density at radius 1 is 1.21 bits per heavy atom. The molecule has 0 bridgehead atoms. The average molecular weight is 392 g/mol. The van der Waals surface area contributed by atoms with Gasteiger partial charge in [-0.3, -0.25) is 19.6 Å². The fraction of sp³-hybridized carbons (Fsp3) is 0.238. The molecule has 2 heterocycles. The summed E-state index contributed by atoms with van der Waals surface area (Å²) in [5, 5.41) is 7.96. The van der Waals surface area contributed by atoms with Crippen LogP contribution in [0.25, 0.3) is 21.1 Å². The predicted molar refractivity (Wildman–Crippen MR) is 113 cm³/mol. The second-order valence-corrected chi connectivity index (χ2v) is 7.90. The number of aryl methyl sites for hydroxylation is 1. The van der Waals surface area contributed by atoms with Crippen LogP contribution in [0.3, 0.4) is 0 Å². The van der Waals surface area contributed by atoms with Gasteiger partial charge in [-0.25, -0.2) is 4.98 Å². The molecule has 0 spiro atoms. The van der Waals surface area contributed by atoms with Crippen molar-refractivity contribution in [1.82, 2.24) is 14.8 Å². The van der Waals surface area contributed by atoms with E-state index in [9.17, 15) is 9.59 Å². The molecule has 0 saturated heterocycles. The second-order valence-electron chi connectivity index (χ2n) is 6.87. The number of amides is 1. The van der Waals surface area contributed by atoms with Crippen molar-refractivity contribution in [1.29, 1.82) is 0 Å². The molecule has 142 valence electrons. The van der Waals surface area contributed by atoms with E-state index in [2.05, 4.69) is 35.3 Å². The molecule has 0 unspecified atom stereocenters. The lowest BCUT2D eigenvalue weighted by Crippen LogP contribution is -2.27. The number of aromatic nitrogens is 3. The van der Waals surface area contributed by atoms with Gasteiger partial charge in [0.2, 0.25) is 5.43 Å². The van der Waals surface area contributed by atoms with Gasteiger partial charge in [0.15, 0.2) is 10.8 Å². The molecule has 0 radical (unpaired) electrons. The average Bonchev–Trinajstić information content (AvgIpc) is 3.09. The lowest BCUT2D eigenvalue weighted by atomic mass is 10.0. The van der Waals surface area contributed by atoms with Gasteiger partial charge in [0.1, 0.15) is 0 Å². The Balaban J connectivity index is 1.71. The van der Waals surface area contributed by atoms with Gasteiger partial charge in [-0.2, -0.15) is 5.10 Å². The number of fused-ring (bicyclic) bond motifs is 2. The highest BCUT2D eigenvalue weighted by Crippen LogP contribution is 2.29. The normalized spacial score (nSPS) is 11.4. The Hall–Kier alpha value is -3.06. The van der Waals surface area contributed by atoms with Gasteiger partial charge >= 0.3 is 0 Å². The molecule has 1 N–H and O–H groups in total. The highest BCUT2D eigenvalue weighted by atomic mass is 32.1. The van der Waals surface area contributed by atoms with Crippen molar-refractivity contribution in [2.45, 2.75) is 33.2 Å². The van der Waals surface area contributed by atoms with E-state index in [4.69, 9.17) is 0 Å². The summed E-state index contributed by atoms with van der Waals surface area (Å²) in [5.74, 6) is -0.125. The largest absolute Gasteiger partial charge is 0.296 e. The van der Waals surface area contributed by atoms with Crippen LogP contribution in [0, 0.1) is 0 Å². The van der Waals surface area contributed by atoms with Gasteiger partial charge in [0, 0.05) is 11.9 Å². The Morgan fingerprint density at radius 2 is 2.00 bits per heavy atom. The van der Waals surface area contributed by atoms with Crippen LogP contribution in [-0.4, -0.2) is 20.7 Å². The van der Waals surface area contributed by atoms with Crippen molar-refractivity contribution < 1.29 is 4.79 Å². The van der Waals surface area contributed by atoms with Gasteiger partial charge in [-0.15, -0.1) is 0 Å². The smallest absolute Gasteiger partial charge is 0.281 e. The number of hydrogen-bond acceptors (Lipinski definition) is 5. The standard InChI is InChI=1S/C21H20N4O2S/c1-4-25-16-8-6-5-7-14(16)19(26)18(24-25)20(27)23-21-22-15-10-9-13(12(2)3)11-17(15)28-21/h5-12H,4H2,1-3H3,(H,22,23,27). The number of thiazole rings is 1. The Kier molecular flexibility index (Phi) is 4.68.